The van der Waals surface area contributed by atoms with Gasteiger partial charge < -0.3 is 14.9 Å². The van der Waals surface area contributed by atoms with Gasteiger partial charge in [-0.05, 0) is 71.5 Å². The number of benzene rings is 2. The van der Waals surface area contributed by atoms with Crippen LogP contribution in [0.2, 0.25) is 0 Å². The number of aliphatic carboxylic acids is 1. The Balaban J connectivity index is 1.81. The highest BCUT2D eigenvalue weighted by Gasteiger charge is 2.10. The van der Waals surface area contributed by atoms with Crippen LogP contribution in [0, 0.1) is 0 Å². The summed E-state index contributed by atoms with van der Waals surface area (Å²) in [5.74, 6) is -0.729. The molecule has 3 rings (SSSR count). The second-order valence-corrected chi connectivity index (χ2v) is 9.49. The third-order valence-corrected chi connectivity index (χ3v) is 6.30. The lowest BCUT2D eigenvalue weighted by Gasteiger charge is -2.19. The Bertz CT molecular complexity index is 1180. The molecule has 5 nitrogen and oxygen atoms in total. The van der Waals surface area contributed by atoms with Crippen LogP contribution in [0.5, 0.6) is 0 Å². The van der Waals surface area contributed by atoms with E-state index in [0.717, 1.165) is 24.2 Å². The molecule has 0 aliphatic heterocycles. The largest absolute Gasteiger partial charge is 0.481 e. The van der Waals surface area contributed by atoms with Crippen molar-refractivity contribution in [3.8, 4) is 0 Å². The summed E-state index contributed by atoms with van der Waals surface area (Å²) in [6.07, 6.45) is 14.8. The van der Waals surface area contributed by atoms with Gasteiger partial charge in [-0.2, -0.15) is 0 Å². The molecule has 0 aromatic heterocycles. The van der Waals surface area contributed by atoms with Crippen molar-refractivity contribution < 1.29 is 14.5 Å². The minimum Gasteiger partial charge on any atom is -0.481 e. The maximum Gasteiger partial charge on any atom is 0.303 e. The van der Waals surface area contributed by atoms with Gasteiger partial charge in [-0.1, -0.05) is 36.4 Å². The molecule has 0 heterocycles. The standard InChI is InChI=1S/C31H37N3O2/c1-32(2)27-18-12-25(13-19-27)30(26-14-20-28(21-15-26)33(3)4)22-11-24-9-16-29(17-10-24)34(5)23-7-6-8-31(35)36/h9-22H,6-8,23H2,1-5H3/p+1. The van der Waals surface area contributed by atoms with Crippen LogP contribution in [0.3, 0.4) is 0 Å². The number of carbonyl (C=O) groups is 1. The van der Waals surface area contributed by atoms with E-state index < -0.39 is 5.97 Å². The first kappa shape index (κ1) is 26.7. The quantitative estimate of drug-likeness (QED) is 0.345. The van der Waals surface area contributed by atoms with Crippen LogP contribution < -0.4 is 9.80 Å². The van der Waals surface area contributed by atoms with E-state index in [-0.39, 0.29) is 6.42 Å². The average molecular weight is 485 g/mol. The van der Waals surface area contributed by atoms with Crippen molar-refractivity contribution in [2.75, 3.05) is 51.6 Å². The molecule has 36 heavy (non-hydrogen) atoms. The molecule has 0 radical (unpaired) electrons. The summed E-state index contributed by atoms with van der Waals surface area (Å²) in [6, 6.07) is 17.1. The lowest BCUT2D eigenvalue weighted by molar-refractivity contribution is -0.462. The molecule has 0 spiro atoms. The van der Waals surface area contributed by atoms with Crippen molar-refractivity contribution in [1.82, 2.24) is 0 Å². The minimum atomic E-state index is -0.729. The SMILES string of the molecule is CN(C)c1ccc(C(C=Cc2ccc(N(C)CCCCC(=O)O)cc2)=C2C=CC(=[N+](C)C)C=C2)cc1. The summed E-state index contributed by atoms with van der Waals surface area (Å²) < 4.78 is 2.11. The summed E-state index contributed by atoms with van der Waals surface area (Å²) >= 11 is 0. The lowest BCUT2D eigenvalue weighted by Crippen LogP contribution is -2.18. The first-order valence-corrected chi connectivity index (χ1v) is 12.4. The van der Waals surface area contributed by atoms with Crippen LogP contribution in [-0.2, 0) is 4.79 Å². The van der Waals surface area contributed by atoms with Gasteiger partial charge >= 0.3 is 5.97 Å². The second-order valence-electron chi connectivity index (χ2n) is 9.49. The molecule has 2 aromatic carbocycles. The van der Waals surface area contributed by atoms with Gasteiger partial charge in [-0.15, -0.1) is 0 Å². The summed E-state index contributed by atoms with van der Waals surface area (Å²) in [5.41, 5.74) is 8.13. The van der Waals surface area contributed by atoms with E-state index in [2.05, 4.69) is 128 Å². The molecule has 0 saturated carbocycles. The molecule has 1 aliphatic carbocycles. The molecule has 0 bridgehead atoms. The molecule has 0 saturated heterocycles. The van der Waals surface area contributed by atoms with Crippen molar-refractivity contribution in [1.29, 1.82) is 0 Å². The zero-order valence-electron chi connectivity index (χ0n) is 22.1. The summed E-state index contributed by atoms with van der Waals surface area (Å²) in [4.78, 5) is 15.0. The average Bonchev–Trinajstić information content (AvgIpc) is 2.87. The van der Waals surface area contributed by atoms with Crippen LogP contribution in [-0.4, -0.2) is 63.1 Å². The normalized spacial score (nSPS) is 12.8. The number of hydrogen-bond donors (Lipinski definition) is 1. The summed E-state index contributed by atoms with van der Waals surface area (Å²) in [6.45, 7) is 0.840. The van der Waals surface area contributed by atoms with Crippen molar-refractivity contribution >= 4 is 34.7 Å². The molecule has 0 amide bonds. The van der Waals surface area contributed by atoms with Crippen LogP contribution in [0.25, 0.3) is 11.6 Å². The fourth-order valence-electron chi connectivity index (χ4n) is 4.01. The van der Waals surface area contributed by atoms with Crippen molar-refractivity contribution in [3.05, 3.63) is 95.6 Å². The van der Waals surface area contributed by atoms with E-state index in [4.69, 9.17) is 5.11 Å². The van der Waals surface area contributed by atoms with E-state index in [9.17, 15) is 4.79 Å². The van der Waals surface area contributed by atoms with E-state index in [1.807, 2.05) is 7.05 Å². The van der Waals surface area contributed by atoms with Gasteiger partial charge in [0, 0.05) is 57.6 Å². The first-order valence-electron chi connectivity index (χ1n) is 12.4. The molecule has 5 heteroatoms. The molecule has 188 valence electrons. The first-order chi connectivity index (χ1) is 17.2. The number of carboxylic acids is 1. The number of anilines is 2. The van der Waals surface area contributed by atoms with Crippen LogP contribution in [0.4, 0.5) is 11.4 Å². The molecule has 0 unspecified atom stereocenters. The molecule has 2 aromatic rings. The smallest absolute Gasteiger partial charge is 0.303 e. The third kappa shape index (κ3) is 7.57. The third-order valence-electron chi connectivity index (χ3n) is 6.30. The highest BCUT2D eigenvalue weighted by Crippen LogP contribution is 2.27. The minimum absolute atomic E-state index is 0.228. The zero-order valence-corrected chi connectivity index (χ0v) is 22.1. The number of rotatable bonds is 10. The summed E-state index contributed by atoms with van der Waals surface area (Å²) in [7, 11) is 10.3. The Labute approximate surface area is 215 Å². The Hall–Kier alpha value is -3.86. The van der Waals surface area contributed by atoms with Crippen molar-refractivity contribution in [2.45, 2.75) is 19.3 Å². The second kappa shape index (κ2) is 12.7. The summed E-state index contributed by atoms with van der Waals surface area (Å²) in [5, 5.41) is 8.80. The monoisotopic (exact) mass is 484 g/mol. The fraction of sp³-hybridized carbons (Fsp3) is 0.290. The molecule has 0 fully saturated rings. The Morgan fingerprint density at radius 2 is 1.47 bits per heavy atom. The Morgan fingerprint density at radius 1 is 0.861 bits per heavy atom. The topological polar surface area (TPSA) is 46.8 Å². The highest BCUT2D eigenvalue weighted by molar-refractivity contribution is 6.03. The maximum absolute atomic E-state index is 10.7. The van der Waals surface area contributed by atoms with Gasteiger partial charge in [0.15, 0.2) is 5.71 Å². The van der Waals surface area contributed by atoms with Gasteiger partial charge in [-0.3, -0.25) is 4.79 Å². The number of hydrogen-bond acceptors (Lipinski definition) is 3. The van der Waals surface area contributed by atoms with Crippen molar-refractivity contribution in [3.63, 3.8) is 0 Å². The predicted molar refractivity (Wildman–Crippen MR) is 153 cm³/mol. The number of nitrogens with zero attached hydrogens (tertiary/aromatic N) is 3. The number of allylic oxidation sites excluding steroid dienone is 7. The predicted octanol–water partition coefficient (Wildman–Crippen LogP) is 5.75. The Kier molecular flexibility index (Phi) is 9.46. The van der Waals surface area contributed by atoms with E-state index in [1.165, 1.54) is 28.1 Å². The molecular weight excluding hydrogens is 446 g/mol. The van der Waals surface area contributed by atoms with E-state index in [1.54, 1.807) is 0 Å². The van der Waals surface area contributed by atoms with Gasteiger partial charge in [-0.25, -0.2) is 4.58 Å². The van der Waals surface area contributed by atoms with Crippen LogP contribution in [0.1, 0.15) is 30.4 Å². The molecule has 0 atom stereocenters. The number of carboxylic acid groups (broad SMARTS) is 1. The van der Waals surface area contributed by atoms with Gasteiger partial charge in [0.05, 0.1) is 0 Å². The van der Waals surface area contributed by atoms with Crippen LogP contribution >= 0.6 is 0 Å². The van der Waals surface area contributed by atoms with Crippen molar-refractivity contribution in [2.24, 2.45) is 0 Å². The van der Waals surface area contributed by atoms with E-state index >= 15 is 0 Å². The van der Waals surface area contributed by atoms with Gasteiger partial charge in [0.1, 0.15) is 14.1 Å². The molecular formula is C31H38N3O2+. The Morgan fingerprint density at radius 3 is 2.03 bits per heavy atom. The van der Waals surface area contributed by atoms with Gasteiger partial charge in [0.25, 0.3) is 0 Å². The van der Waals surface area contributed by atoms with E-state index in [0.29, 0.717) is 6.42 Å². The molecule has 1 N–H and O–H groups in total. The lowest BCUT2D eigenvalue weighted by atomic mass is 9.95. The zero-order chi connectivity index (χ0) is 26.1. The maximum atomic E-state index is 10.7. The molecule has 1 aliphatic rings. The number of unbranched alkanes of at least 4 members (excludes halogenated alkanes) is 1. The van der Waals surface area contributed by atoms with Crippen LogP contribution in [0.15, 0.2) is 84.5 Å². The highest BCUT2D eigenvalue weighted by atomic mass is 16.4. The van der Waals surface area contributed by atoms with Gasteiger partial charge in [0.2, 0.25) is 0 Å². The fourth-order valence-corrected chi connectivity index (χ4v) is 4.01.